The monoisotopic (exact) mass is 1040 g/mol. The molecule has 0 amide bonds. The first-order valence-electron chi connectivity index (χ1n) is 22.8. The van der Waals surface area contributed by atoms with Crippen LogP contribution in [-0.2, 0) is 44.7 Å². The number of amidine groups is 1. The predicted octanol–water partition coefficient (Wildman–Crippen LogP) is 15.7. The van der Waals surface area contributed by atoms with E-state index in [1.54, 1.807) is 6.07 Å². The molecule has 5 heteroatoms. The Bertz CT molecular complexity index is 3040. The standard InChI is InChI=1S/C61H57N3O.Pt/c1-38-18-13-19-39(2)58(38)64(59(62)51-34-32-43-31-30-42-22-16-29-53(65)55(42)57(43)63-51)52-35-33-50(54(40(52)3)41-20-11-10-12-21-41)56-48(44-23-14-25-46(36-44)60(4,5)6)27-17-28-49(56)45-24-15-26-47(37-45)61(7,8)9;/h10-20,22-29,32-37,65H,30-31H2,1-9H3;/q-2;+2. The molecule has 9 rings (SSSR count). The summed E-state index contributed by atoms with van der Waals surface area (Å²) in [7, 11) is 0. The molecule has 0 atom stereocenters. The number of hydrogen-bond donors (Lipinski definition) is 1. The third kappa shape index (κ3) is 8.60. The van der Waals surface area contributed by atoms with Gasteiger partial charge in [0.25, 0.3) is 0 Å². The Kier molecular flexibility index (Phi) is 12.7. The number of para-hydroxylation sites is 1. The Morgan fingerprint density at radius 3 is 1.79 bits per heavy atom. The number of hydrogen-bond acceptors (Lipinski definition) is 2. The van der Waals surface area contributed by atoms with Crippen LogP contribution in [0.4, 0.5) is 11.4 Å². The van der Waals surface area contributed by atoms with E-state index in [1.165, 1.54) is 11.1 Å². The van der Waals surface area contributed by atoms with Gasteiger partial charge in [0, 0.05) is 5.56 Å². The van der Waals surface area contributed by atoms with E-state index in [9.17, 15) is 10.5 Å². The molecule has 1 aromatic heterocycles. The molecule has 0 unspecified atom stereocenters. The quantitative estimate of drug-likeness (QED) is 0.0983. The zero-order valence-electron chi connectivity index (χ0n) is 39.5. The summed E-state index contributed by atoms with van der Waals surface area (Å²) in [4.78, 5) is 7.14. The van der Waals surface area contributed by atoms with Crippen LogP contribution in [0, 0.1) is 26.8 Å². The molecule has 1 heterocycles. The van der Waals surface area contributed by atoms with Gasteiger partial charge in [0.1, 0.15) is 5.75 Å². The summed E-state index contributed by atoms with van der Waals surface area (Å²) in [5, 5.41) is 24.0. The Labute approximate surface area is 406 Å². The molecule has 0 aliphatic heterocycles. The Hall–Kier alpha value is -6.35. The van der Waals surface area contributed by atoms with Crippen LogP contribution in [0.5, 0.6) is 5.75 Å². The van der Waals surface area contributed by atoms with E-state index in [1.807, 2.05) is 35.2 Å². The van der Waals surface area contributed by atoms with Gasteiger partial charge in [-0.3, -0.25) is 0 Å². The average Bonchev–Trinajstić information content (AvgIpc) is 3.29. The number of aryl methyl sites for hydroxylation is 4. The van der Waals surface area contributed by atoms with Crippen LogP contribution in [-0.4, -0.2) is 15.9 Å². The van der Waals surface area contributed by atoms with Crippen molar-refractivity contribution in [3.05, 3.63) is 208 Å². The van der Waals surface area contributed by atoms with E-state index in [0.29, 0.717) is 11.4 Å². The molecule has 332 valence electrons. The number of phenolic OH excluding ortho intramolecular Hbond substituents is 1. The number of phenols is 1. The van der Waals surface area contributed by atoms with E-state index in [4.69, 9.17) is 4.98 Å². The average molecular weight is 1040 g/mol. The van der Waals surface area contributed by atoms with E-state index in [2.05, 4.69) is 184 Å². The van der Waals surface area contributed by atoms with Gasteiger partial charge >= 0.3 is 21.1 Å². The molecule has 0 saturated carbocycles. The molecule has 0 bridgehead atoms. The third-order valence-electron chi connectivity index (χ3n) is 13.2. The number of nitrogens with zero attached hydrogens (tertiary/aromatic N) is 3. The first kappa shape index (κ1) is 46.2. The fraction of sp³-hybridized carbons (Fsp3) is 0.213. The van der Waals surface area contributed by atoms with Gasteiger partial charge in [-0.1, -0.05) is 173 Å². The van der Waals surface area contributed by atoms with E-state index >= 15 is 0 Å². The summed E-state index contributed by atoms with van der Waals surface area (Å²) >= 11 is 0. The van der Waals surface area contributed by atoms with Gasteiger partial charge < -0.3 is 15.4 Å². The fourth-order valence-corrected chi connectivity index (χ4v) is 9.66. The number of rotatable bonds is 7. The number of aromatic hydroxyl groups is 1. The minimum atomic E-state index is -0.0381. The maximum Gasteiger partial charge on any atom is 2.00 e. The van der Waals surface area contributed by atoms with Crippen molar-refractivity contribution in [3.8, 4) is 61.5 Å². The van der Waals surface area contributed by atoms with E-state index < -0.39 is 0 Å². The number of fused-ring (bicyclic) bond motifs is 3. The molecule has 0 radical (unpaired) electrons. The van der Waals surface area contributed by atoms with Gasteiger partial charge in [-0.2, -0.15) is 0 Å². The van der Waals surface area contributed by atoms with Crippen molar-refractivity contribution in [2.75, 3.05) is 4.90 Å². The van der Waals surface area contributed by atoms with Gasteiger partial charge in [0.2, 0.25) is 0 Å². The molecule has 66 heavy (non-hydrogen) atoms. The zero-order chi connectivity index (χ0) is 45.8. The van der Waals surface area contributed by atoms with E-state index in [0.717, 1.165) is 102 Å². The van der Waals surface area contributed by atoms with Crippen LogP contribution in [0.2, 0.25) is 0 Å². The van der Waals surface area contributed by atoms with Gasteiger partial charge in [0.05, 0.1) is 11.4 Å². The topological polar surface area (TPSA) is 58.7 Å². The van der Waals surface area contributed by atoms with Crippen molar-refractivity contribution in [1.29, 1.82) is 0 Å². The smallest absolute Gasteiger partial charge is 0.507 e. The Balaban J connectivity index is 0.00000592. The van der Waals surface area contributed by atoms with Crippen LogP contribution in [0.15, 0.2) is 152 Å². The molecular formula is C61H57N3OPt. The van der Waals surface area contributed by atoms with Crippen LogP contribution >= 0.6 is 0 Å². The van der Waals surface area contributed by atoms with Gasteiger partial charge in [-0.15, -0.1) is 35.9 Å². The Morgan fingerprint density at radius 2 is 1.18 bits per heavy atom. The van der Waals surface area contributed by atoms with Crippen LogP contribution in [0.1, 0.15) is 86.2 Å². The summed E-state index contributed by atoms with van der Waals surface area (Å²) in [6.07, 6.45) is 1.63. The molecule has 0 fully saturated rings. The molecule has 1 aliphatic carbocycles. The number of anilines is 2. The van der Waals surface area contributed by atoms with Crippen LogP contribution in [0.25, 0.3) is 61.2 Å². The van der Waals surface area contributed by atoms with Gasteiger partial charge in [0.15, 0.2) is 0 Å². The van der Waals surface area contributed by atoms with Crippen molar-refractivity contribution >= 4 is 17.2 Å². The minimum Gasteiger partial charge on any atom is -0.507 e. The first-order chi connectivity index (χ1) is 31.1. The van der Waals surface area contributed by atoms with Crippen molar-refractivity contribution in [2.45, 2.75) is 86.0 Å². The molecule has 8 aromatic rings. The van der Waals surface area contributed by atoms with Crippen LogP contribution in [0.3, 0.4) is 0 Å². The van der Waals surface area contributed by atoms with Crippen molar-refractivity contribution < 1.29 is 26.2 Å². The van der Waals surface area contributed by atoms with E-state index in [-0.39, 0.29) is 43.5 Å². The first-order valence-corrected chi connectivity index (χ1v) is 22.8. The Morgan fingerprint density at radius 1 is 0.591 bits per heavy atom. The SMILES string of the molecule is Cc1cccc(C)c1N(C(=[N-])c1ccc2c(n1)-c1c(O)cccc1CC2)c1ccc(-c2c(-c3cccc(C(C)(C)C)c3)cccc2-c2cccc(C(C)(C)C)c2)c(-c2[c-]cccc2)c1C.[Pt+2]. The van der Waals surface area contributed by atoms with Crippen LogP contribution < -0.4 is 4.90 Å². The third-order valence-corrected chi connectivity index (χ3v) is 13.2. The second kappa shape index (κ2) is 18.1. The summed E-state index contributed by atoms with van der Waals surface area (Å²) in [5.41, 5.74) is 19.9. The second-order valence-corrected chi connectivity index (χ2v) is 19.7. The molecular weight excluding hydrogens is 986 g/mol. The largest absolute Gasteiger partial charge is 2.00 e. The molecule has 0 saturated heterocycles. The second-order valence-electron chi connectivity index (χ2n) is 19.7. The predicted molar refractivity (Wildman–Crippen MR) is 273 cm³/mol. The normalized spacial score (nSPS) is 12.2. The summed E-state index contributed by atoms with van der Waals surface area (Å²) in [5.74, 6) is 0.204. The van der Waals surface area contributed by atoms with Crippen molar-refractivity contribution in [1.82, 2.24) is 4.98 Å². The minimum absolute atomic E-state index is 0. The zero-order valence-corrected chi connectivity index (χ0v) is 41.7. The maximum absolute atomic E-state index is 12.9. The number of benzene rings is 7. The maximum atomic E-state index is 12.9. The number of aromatic nitrogens is 1. The van der Waals surface area contributed by atoms with Crippen molar-refractivity contribution in [3.63, 3.8) is 0 Å². The van der Waals surface area contributed by atoms with Gasteiger partial charge in [-0.25, -0.2) is 4.98 Å². The molecule has 4 nitrogen and oxygen atoms in total. The fourth-order valence-electron chi connectivity index (χ4n) is 9.66. The summed E-state index contributed by atoms with van der Waals surface area (Å²) in [6, 6.07) is 56.8. The van der Waals surface area contributed by atoms with Gasteiger partial charge in [-0.05, 0) is 135 Å². The summed E-state index contributed by atoms with van der Waals surface area (Å²) in [6.45, 7) is 20.0. The molecule has 7 aromatic carbocycles. The molecule has 0 spiro atoms. The number of pyridine rings is 1. The van der Waals surface area contributed by atoms with Crippen molar-refractivity contribution in [2.24, 2.45) is 0 Å². The molecule has 1 N–H and O–H groups in total. The summed E-state index contributed by atoms with van der Waals surface area (Å²) < 4.78 is 0. The molecule has 1 aliphatic rings.